The Labute approximate surface area is 182 Å². The van der Waals surface area contributed by atoms with Crippen LogP contribution in [0.15, 0.2) is 29.2 Å². The zero-order valence-electron chi connectivity index (χ0n) is 18.2. The van der Waals surface area contributed by atoms with Gasteiger partial charge in [0.1, 0.15) is 17.8 Å². The molecule has 2 rings (SSSR count). The molecule has 0 aromatic heterocycles. The van der Waals surface area contributed by atoms with Crippen molar-refractivity contribution in [1.29, 1.82) is 0 Å². The average molecular weight is 459 g/mol. The summed E-state index contributed by atoms with van der Waals surface area (Å²) >= 11 is 0. The van der Waals surface area contributed by atoms with E-state index in [0.717, 1.165) is 10.5 Å². The monoisotopic (exact) mass is 458 g/mol. The minimum absolute atomic E-state index is 0.0789. The Bertz CT molecular complexity index is 895. The Balaban J connectivity index is 2.27. The summed E-state index contributed by atoms with van der Waals surface area (Å²) in [7, 11) is -4.17. The fourth-order valence-corrected chi connectivity index (χ4v) is 4.12. The highest BCUT2D eigenvalue weighted by molar-refractivity contribution is 7.86. The van der Waals surface area contributed by atoms with E-state index < -0.39 is 58.6 Å². The second-order valence-corrected chi connectivity index (χ2v) is 10.1. The van der Waals surface area contributed by atoms with Crippen molar-refractivity contribution in [2.45, 2.75) is 69.4 Å². The van der Waals surface area contributed by atoms with Gasteiger partial charge in [0.05, 0.1) is 23.6 Å². The van der Waals surface area contributed by atoms with E-state index in [9.17, 15) is 28.2 Å². The van der Waals surface area contributed by atoms with Crippen LogP contribution in [-0.2, 0) is 23.8 Å². The van der Waals surface area contributed by atoms with Crippen molar-refractivity contribution in [2.75, 3.05) is 13.2 Å². The lowest BCUT2D eigenvalue weighted by molar-refractivity contribution is -0.119. The maximum absolute atomic E-state index is 12.8. The quantitative estimate of drug-likeness (QED) is 0.525. The van der Waals surface area contributed by atoms with Gasteiger partial charge in [0.15, 0.2) is 0 Å². The predicted molar refractivity (Wildman–Crippen MR) is 111 cm³/mol. The van der Waals surface area contributed by atoms with E-state index in [-0.39, 0.29) is 11.4 Å². The number of rotatable bonds is 6. The number of aliphatic hydroxyl groups is 2. The number of nitrogens with one attached hydrogen (secondary N) is 1. The first-order valence-corrected chi connectivity index (χ1v) is 11.2. The SMILES string of the molecule is CC(=O)NC[C@@H]1[C@@H](O)C(O)[C@@H](COS(=O)(=O)c2ccc(C)cc2)N1C(=O)OC(C)(C)C. The van der Waals surface area contributed by atoms with Gasteiger partial charge < -0.3 is 20.3 Å². The van der Waals surface area contributed by atoms with Crippen molar-refractivity contribution in [3.05, 3.63) is 29.8 Å². The largest absolute Gasteiger partial charge is 0.444 e. The molecule has 1 aromatic carbocycles. The predicted octanol–water partition coefficient (Wildman–Crippen LogP) is 0.546. The summed E-state index contributed by atoms with van der Waals surface area (Å²) in [6.45, 7) is 7.24. The minimum Gasteiger partial charge on any atom is -0.444 e. The van der Waals surface area contributed by atoms with E-state index in [4.69, 9.17) is 8.92 Å². The first-order valence-electron chi connectivity index (χ1n) is 9.81. The number of amides is 2. The van der Waals surface area contributed by atoms with Crippen molar-refractivity contribution in [3.8, 4) is 0 Å². The van der Waals surface area contributed by atoms with Gasteiger partial charge in [0.25, 0.3) is 10.1 Å². The molecule has 0 radical (unpaired) electrons. The number of ether oxygens (including phenoxy) is 1. The summed E-state index contributed by atoms with van der Waals surface area (Å²) in [6.07, 6.45) is -3.84. The van der Waals surface area contributed by atoms with E-state index in [2.05, 4.69) is 5.32 Å². The topological polar surface area (TPSA) is 142 Å². The van der Waals surface area contributed by atoms with Gasteiger partial charge in [-0.15, -0.1) is 0 Å². The van der Waals surface area contributed by atoms with E-state index in [1.165, 1.54) is 19.1 Å². The van der Waals surface area contributed by atoms with Crippen LogP contribution in [0.2, 0.25) is 0 Å². The molecular weight excluding hydrogens is 428 g/mol. The first-order chi connectivity index (χ1) is 14.2. The Morgan fingerprint density at radius 3 is 2.16 bits per heavy atom. The second-order valence-electron chi connectivity index (χ2n) is 8.49. The summed E-state index contributed by atoms with van der Waals surface area (Å²) in [5.74, 6) is -0.396. The van der Waals surface area contributed by atoms with Gasteiger partial charge in [-0.1, -0.05) is 17.7 Å². The molecule has 0 bridgehead atoms. The number of benzene rings is 1. The molecule has 1 saturated heterocycles. The summed E-state index contributed by atoms with van der Waals surface area (Å²) in [5, 5.41) is 23.5. The Hall–Kier alpha value is -2.21. The second kappa shape index (κ2) is 9.51. The van der Waals surface area contributed by atoms with Crippen LogP contribution in [0.1, 0.15) is 33.3 Å². The minimum atomic E-state index is -4.17. The van der Waals surface area contributed by atoms with Crippen molar-refractivity contribution in [3.63, 3.8) is 0 Å². The van der Waals surface area contributed by atoms with Crippen LogP contribution in [0, 0.1) is 6.92 Å². The van der Waals surface area contributed by atoms with Gasteiger partial charge in [-0.05, 0) is 39.8 Å². The van der Waals surface area contributed by atoms with Crippen LogP contribution in [0.3, 0.4) is 0 Å². The van der Waals surface area contributed by atoms with Crippen LogP contribution in [-0.4, -0.2) is 78.6 Å². The van der Waals surface area contributed by atoms with Crippen LogP contribution >= 0.6 is 0 Å². The molecule has 0 spiro atoms. The van der Waals surface area contributed by atoms with Crippen molar-refractivity contribution in [1.82, 2.24) is 10.2 Å². The molecular formula is C20H30N2O8S. The van der Waals surface area contributed by atoms with Crippen molar-refractivity contribution >= 4 is 22.1 Å². The third-order valence-corrected chi connectivity index (χ3v) is 6.02. The third kappa shape index (κ3) is 6.39. The molecule has 1 fully saturated rings. The molecule has 0 saturated carbocycles. The molecule has 1 heterocycles. The number of aliphatic hydroxyl groups excluding tert-OH is 2. The Morgan fingerprint density at radius 1 is 1.10 bits per heavy atom. The van der Waals surface area contributed by atoms with Crippen LogP contribution in [0.5, 0.6) is 0 Å². The Kier molecular flexibility index (Phi) is 7.69. The van der Waals surface area contributed by atoms with Gasteiger partial charge in [-0.2, -0.15) is 8.42 Å². The molecule has 1 aliphatic heterocycles. The maximum Gasteiger partial charge on any atom is 0.411 e. The molecule has 2 amide bonds. The first kappa shape index (κ1) is 25.1. The van der Waals surface area contributed by atoms with Gasteiger partial charge in [0.2, 0.25) is 5.91 Å². The molecule has 10 nitrogen and oxygen atoms in total. The van der Waals surface area contributed by atoms with Crippen LogP contribution < -0.4 is 5.32 Å². The van der Waals surface area contributed by atoms with E-state index in [1.807, 2.05) is 6.92 Å². The standard InChI is InChI=1S/C20H30N2O8S/c1-12-6-8-14(9-7-12)31(27,28)29-11-16-18(25)17(24)15(10-21-13(2)23)22(16)19(26)30-20(3,4)5/h6-9,15-18,24-25H,10-11H2,1-5H3,(H,21,23)/t15-,16-,17-,18?/m1/s1. The zero-order valence-corrected chi connectivity index (χ0v) is 19.0. The summed E-state index contributed by atoms with van der Waals surface area (Å²) in [5.41, 5.74) is -0.0155. The fourth-order valence-electron chi connectivity index (χ4n) is 3.19. The highest BCUT2D eigenvalue weighted by Gasteiger charge is 2.51. The van der Waals surface area contributed by atoms with Crippen LogP contribution in [0.4, 0.5) is 4.79 Å². The lowest BCUT2D eigenvalue weighted by Crippen LogP contribution is -2.51. The number of hydrogen-bond acceptors (Lipinski definition) is 8. The number of likely N-dealkylation sites (tertiary alicyclic amines) is 1. The number of nitrogens with zero attached hydrogens (tertiary/aromatic N) is 1. The van der Waals surface area contributed by atoms with Crippen LogP contribution in [0.25, 0.3) is 0 Å². The average Bonchev–Trinajstić information content (AvgIpc) is 2.88. The smallest absolute Gasteiger partial charge is 0.411 e. The Morgan fingerprint density at radius 2 is 1.65 bits per heavy atom. The highest BCUT2D eigenvalue weighted by atomic mass is 32.2. The molecule has 3 N–H and O–H groups in total. The molecule has 31 heavy (non-hydrogen) atoms. The lowest BCUT2D eigenvalue weighted by Gasteiger charge is -2.32. The van der Waals surface area contributed by atoms with Gasteiger partial charge in [-0.3, -0.25) is 13.9 Å². The van der Waals surface area contributed by atoms with Gasteiger partial charge >= 0.3 is 6.09 Å². The highest BCUT2D eigenvalue weighted by Crippen LogP contribution is 2.29. The molecule has 1 aromatic rings. The lowest BCUT2D eigenvalue weighted by atomic mass is 10.1. The van der Waals surface area contributed by atoms with E-state index >= 15 is 0 Å². The summed E-state index contributed by atoms with van der Waals surface area (Å²) < 4.78 is 35.5. The normalized spacial score (nSPS) is 24.2. The van der Waals surface area contributed by atoms with Crippen molar-refractivity contribution < 1.29 is 37.1 Å². The number of carbonyl (C=O) groups is 2. The summed E-state index contributed by atoms with van der Waals surface area (Å²) in [4.78, 5) is 25.1. The number of hydrogen-bond donors (Lipinski definition) is 3. The molecule has 1 aliphatic rings. The van der Waals surface area contributed by atoms with Crippen molar-refractivity contribution in [2.24, 2.45) is 0 Å². The van der Waals surface area contributed by atoms with E-state index in [0.29, 0.717) is 0 Å². The van der Waals surface area contributed by atoms with E-state index in [1.54, 1.807) is 32.9 Å². The van der Waals surface area contributed by atoms with Gasteiger partial charge in [0, 0.05) is 13.5 Å². The zero-order chi connectivity index (χ0) is 23.6. The number of carbonyl (C=O) groups excluding carboxylic acids is 2. The molecule has 1 unspecified atom stereocenters. The number of aryl methyl sites for hydroxylation is 1. The molecule has 174 valence electrons. The fraction of sp³-hybridized carbons (Fsp3) is 0.600. The third-order valence-electron chi connectivity index (χ3n) is 4.72. The molecule has 11 heteroatoms. The molecule has 0 aliphatic carbocycles. The van der Waals surface area contributed by atoms with Gasteiger partial charge in [-0.25, -0.2) is 4.79 Å². The maximum atomic E-state index is 12.8. The summed E-state index contributed by atoms with van der Waals surface area (Å²) in [6, 6.07) is 3.74. The molecule has 4 atom stereocenters.